The third-order valence-electron chi connectivity index (χ3n) is 2.48. The Morgan fingerprint density at radius 2 is 2.18 bits per heavy atom. The van der Waals surface area contributed by atoms with E-state index >= 15 is 0 Å². The van der Waals surface area contributed by atoms with E-state index in [9.17, 15) is 0 Å². The van der Waals surface area contributed by atoms with Gasteiger partial charge in [0.1, 0.15) is 0 Å². The molecule has 0 aliphatic heterocycles. The topological polar surface area (TPSA) is 56.5 Å². The lowest BCUT2D eigenvalue weighted by atomic mass is 10.2. The number of halogens is 1. The summed E-state index contributed by atoms with van der Waals surface area (Å²) >= 11 is 3.51. The molecular weight excluding hydrogens is 284 g/mol. The van der Waals surface area contributed by atoms with Gasteiger partial charge in [0.2, 0.25) is 0 Å². The standard InChI is InChI=1S/C12H19BrN2O2/c1-16-8-10(17-2)7-15-12-4-3-9(6-14)5-11(12)13/h3-5,10,15H,6-8,14H2,1-2H3. The normalized spacial score (nSPS) is 12.5. The zero-order chi connectivity index (χ0) is 12.7. The maximum Gasteiger partial charge on any atom is 0.0976 e. The molecule has 96 valence electrons. The van der Waals surface area contributed by atoms with Gasteiger partial charge >= 0.3 is 0 Å². The Balaban J connectivity index is 2.56. The van der Waals surface area contributed by atoms with Crippen molar-refractivity contribution in [2.75, 3.05) is 32.7 Å². The van der Waals surface area contributed by atoms with Gasteiger partial charge in [0.15, 0.2) is 0 Å². The average Bonchev–Trinajstić information content (AvgIpc) is 2.35. The van der Waals surface area contributed by atoms with Crippen molar-refractivity contribution >= 4 is 21.6 Å². The number of anilines is 1. The first-order valence-corrected chi connectivity index (χ1v) is 6.24. The van der Waals surface area contributed by atoms with Crippen molar-refractivity contribution in [3.63, 3.8) is 0 Å². The molecule has 0 heterocycles. The summed E-state index contributed by atoms with van der Waals surface area (Å²) in [5.41, 5.74) is 7.70. The third-order valence-corrected chi connectivity index (χ3v) is 3.13. The minimum absolute atomic E-state index is 0.0427. The molecule has 0 aromatic heterocycles. The summed E-state index contributed by atoms with van der Waals surface area (Å²) in [6, 6.07) is 6.03. The lowest BCUT2D eigenvalue weighted by Crippen LogP contribution is -2.26. The molecule has 0 aliphatic carbocycles. The Morgan fingerprint density at radius 3 is 2.71 bits per heavy atom. The van der Waals surface area contributed by atoms with E-state index in [0.717, 1.165) is 15.7 Å². The Labute approximate surface area is 111 Å². The van der Waals surface area contributed by atoms with Crippen LogP contribution in [0.2, 0.25) is 0 Å². The Kier molecular flexibility index (Phi) is 6.50. The van der Waals surface area contributed by atoms with Crippen LogP contribution >= 0.6 is 15.9 Å². The predicted molar refractivity (Wildman–Crippen MR) is 73.2 cm³/mol. The van der Waals surface area contributed by atoms with Crippen LogP contribution in [0.15, 0.2) is 22.7 Å². The molecule has 0 bridgehead atoms. The van der Waals surface area contributed by atoms with Gasteiger partial charge < -0.3 is 20.5 Å². The van der Waals surface area contributed by atoms with Crippen molar-refractivity contribution in [2.45, 2.75) is 12.6 Å². The van der Waals surface area contributed by atoms with Crippen LogP contribution in [-0.4, -0.2) is 33.5 Å². The molecule has 0 saturated heterocycles. The van der Waals surface area contributed by atoms with Gasteiger partial charge in [-0.15, -0.1) is 0 Å². The number of hydrogen-bond donors (Lipinski definition) is 2. The number of hydrogen-bond acceptors (Lipinski definition) is 4. The molecule has 0 radical (unpaired) electrons. The summed E-state index contributed by atoms with van der Waals surface area (Å²) in [6.07, 6.45) is 0.0427. The maximum absolute atomic E-state index is 5.57. The fourth-order valence-electron chi connectivity index (χ4n) is 1.45. The third kappa shape index (κ3) is 4.63. The lowest BCUT2D eigenvalue weighted by Gasteiger charge is -2.16. The van der Waals surface area contributed by atoms with Gasteiger partial charge in [-0.2, -0.15) is 0 Å². The highest BCUT2D eigenvalue weighted by atomic mass is 79.9. The number of methoxy groups -OCH3 is 2. The fraction of sp³-hybridized carbons (Fsp3) is 0.500. The molecular formula is C12H19BrN2O2. The van der Waals surface area contributed by atoms with Gasteiger partial charge in [-0.3, -0.25) is 0 Å². The van der Waals surface area contributed by atoms with E-state index in [4.69, 9.17) is 15.2 Å². The van der Waals surface area contributed by atoms with Gasteiger partial charge in [0, 0.05) is 37.5 Å². The minimum Gasteiger partial charge on any atom is -0.382 e. The monoisotopic (exact) mass is 302 g/mol. The highest BCUT2D eigenvalue weighted by molar-refractivity contribution is 9.10. The summed E-state index contributed by atoms with van der Waals surface area (Å²) in [7, 11) is 3.34. The summed E-state index contributed by atoms with van der Waals surface area (Å²) in [4.78, 5) is 0. The number of ether oxygens (including phenoxy) is 2. The number of rotatable bonds is 7. The van der Waals surface area contributed by atoms with E-state index in [1.54, 1.807) is 14.2 Å². The van der Waals surface area contributed by atoms with E-state index in [2.05, 4.69) is 21.2 Å². The summed E-state index contributed by atoms with van der Waals surface area (Å²) < 4.78 is 11.3. The van der Waals surface area contributed by atoms with E-state index in [1.807, 2.05) is 18.2 Å². The molecule has 0 saturated carbocycles. The largest absolute Gasteiger partial charge is 0.382 e. The molecule has 4 nitrogen and oxygen atoms in total. The molecule has 1 unspecified atom stereocenters. The highest BCUT2D eigenvalue weighted by Crippen LogP contribution is 2.23. The predicted octanol–water partition coefficient (Wildman–Crippen LogP) is 1.98. The van der Waals surface area contributed by atoms with E-state index in [0.29, 0.717) is 19.7 Å². The summed E-state index contributed by atoms with van der Waals surface area (Å²) in [5.74, 6) is 0. The van der Waals surface area contributed by atoms with Gasteiger partial charge in [-0.1, -0.05) is 6.07 Å². The second-order valence-electron chi connectivity index (χ2n) is 3.71. The van der Waals surface area contributed by atoms with Gasteiger partial charge in [-0.05, 0) is 33.6 Å². The minimum atomic E-state index is 0.0427. The van der Waals surface area contributed by atoms with Crippen LogP contribution in [0, 0.1) is 0 Å². The van der Waals surface area contributed by atoms with E-state index in [-0.39, 0.29) is 6.10 Å². The van der Waals surface area contributed by atoms with Crippen molar-refractivity contribution in [3.05, 3.63) is 28.2 Å². The van der Waals surface area contributed by atoms with Crippen LogP contribution < -0.4 is 11.1 Å². The van der Waals surface area contributed by atoms with Gasteiger partial charge in [0.05, 0.1) is 12.7 Å². The molecule has 0 amide bonds. The fourth-order valence-corrected chi connectivity index (χ4v) is 2.02. The first-order valence-electron chi connectivity index (χ1n) is 5.45. The van der Waals surface area contributed by atoms with Crippen molar-refractivity contribution in [1.82, 2.24) is 0 Å². The van der Waals surface area contributed by atoms with Gasteiger partial charge in [-0.25, -0.2) is 0 Å². The lowest BCUT2D eigenvalue weighted by molar-refractivity contribution is 0.0365. The van der Waals surface area contributed by atoms with Crippen molar-refractivity contribution in [3.8, 4) is 0 Å². The molecule has 1 aromatic rings. The van der Waals surface area contributed by atoms with Crippen LogP contribution in [0.4, 0.5) is 5.69 Å². The zero-order valence-corrected chi connectivity index (χ0v) is 11.8. The van der Waals surface area contributed by atoms with Gasteiger partial charge in [0.25, 0.3) is 0 Å². The van der Waals surface area contributed by atoms with Crippen LogP contribution in [0.25, 0.3) is 0 Å². The molecule has 0 fully saturated rings. The van der Waals surface area contributed by atoms with Crippen molar-refractivity contribution in [2.24, 2.45) is 5.73 Å². The van der Waals surface area contributed by atoms with Crippen molar-refractivity contribution in [1.29, 1.82) is 0 Å². The second kappa shape index (κ2) is 7.66. The number of nitrogens with two attached hydrogens (primary N) is 1. The molecule has 1 rings (SSSR count). The molecule has 3 N–H and O–H groups in total. The van der Waals surface area contributed by atoms with Crippen LogP contribution in [0.3, 0.4) is 0 Å². The summed E-state index contributed by atoms with van der Waals surface area (Å²) in [6.45, 7) is 1.82. The highest BCUT2D eigenvalue weighted by Gasteiger charge is 2.07. The Morgan fingerprint density at radius 1 is 1.41 bits per heavy atom. The molecule has 0 spiro atoms. The molecule has 5 heteroatoms. The van der Waals surface area contributed by atoms with E-state index < -0.39 is 0 Å². The van der Waals surface area contributed by atoms with Crippen LogP contribution in [-0.2, 0) is 16.0 Å². The molecule has 1 aromatic carbocycles. The first kappa shape index (κ1) is 14.4. The maximum atomic E-state index is 5.57. The zero-order valence-electron chi connectivity index (χ0n) is 10.2. The van der Waals surface area contributed by atoms with E-state index in [1.165, 1.54) is 0 Å². The number of benzene rings is 1. The smallest absolute Gasteiger partial charge is 0.0976 e. The molecule has 17 heavy (non-hydrogen) atoms. The quantitative estimate of drug-likeness (QED) is 0.809. The Hall–Kier alpha value is -0.620. The van der Waals surface area contributed by atoms with Crippen molar-refractivity contribution < 1.29 is 9.47 Å². The molecule has 0 aliphatic rings. The SMILES string of the molecule is COCC(CNc1ccc(CN)cc1Br)OC. The van der Waals surface area contributed by atoms with Crippen LogP contribution in [0.5, 0.6) is 0 Å². The average molecular weight is 303 g/mol. The Bertz CT molecular complexity index is 347. The number of nitrogens with one attached hydrogen (secondary N) is 1. The first-order chi connectivity index (χ1) is 8.21. The van der Waals surface area contributed by atoms with Crippen LogP contribution in [0.1, 0.15) is 5.56 Å². The summed E-state index contributed by atoms with van der Waals surface area (Å²) in [5, 5.41) is 3.31. The molecule has 1 atom stereocenters. The second-order valence-corrected chi connectivity index (χ2v) is 4.57.